The van der Waals surface area contributed by atoms with Gasteiger partial charge in [-0.2, -0.15) is 0 Å². The highest BCUT2D eigenvalue weighted by atomic mass is 35.5. The molecule has 0 bridgehead atoms. The van der Waals surface area contributed by atoms with Gasteiger partial charge < -0.3 is 10.2 Å². The maximum Gasteiger partial charge on any atom is 0.264 e. The van der Waals surface area contributed by atoms with Crippen LogP contribution in [0.1, 0.15) is 32.3 Å². The first-order valence-corrected chi connectivity index (χ1v) is 14.5. The molecule has 1 atom stereocenters. The summed E-state index contributed by atoms with van der Waals surface area (Å²) in [5.41, 5.74) is 0.955. The highest BCUT2D eigenvalue weighted by molar-refractivity contribution is 7.92. The van der Waals surface area contributed by atoms with E-state index in [1.54, 1.807) is 61.5 Å². The molecule has 0 radical (unpaired) electrons. The average Bonchev–Trinajstić information content (AvgIpc) is 2.91. The SMILES string of the molecule is CCCCNC(=O)[C@H](C)N(Cc1ccccc1Cl)C(=O)CN(c1ccccc1)S(=O)(=O)c1ccc(Cl)cc1. The molecule has 7 nitrogen and oxygen atoms in total. The summed E-state index contributed by atoms with van der Waals surface area (Å²) in [6.45, 7) is 3.63. The van der Waals surface area contributed by atoms with Crippen LogP contribution in [-0.4, -0.2) is 44.3 Å². The number of unbranched alkanes of at least 4 members (excludes halogenated alkanes) is 1. The molecule has 10 heteroatoms. The van der Waals surface area contributed by atoms with Gasteiger partial charge in [0.1, 0.15) is 12.6 Å². The summed E-state index contributed by atoms with van der Waals surface area (Å²) in [7, 11) is -4.14. The Morgan fingerprint density at radius 2 is 1.55 bits per heavy atom. The predicted molar refractivity (Wildman–Crippen MR) is 152 cm³/mol. The van der Waals surface area contributed by atoms with Gasteiger partial charge in [0.25, 0.3) is 10.0 Å². The summed E-state index contributed by atoms with van der Waals surface area (Å²) in [6.07, 6.45) is 1.71. The van der Waals surface area contributed by atoms with Crippen molar-refractivity contribution in [1.29, 1.82) is 0 Å². The highest BCUT2D eigenvalue weighted by Gasteiger charge is 2.32. The lowest BCUT2D eigenvalue weighted by Crippen LogP contribution is -2.51. The summed E-state index contributed by atoms with van der Waals surface area (Å²) < 4.78 is 28.5. The number of amides is 2. The molecule has 0 aliphatic rings. The number of para-hydroxylation sites is 1. The fraction of sp³-hybridized carbons (Fsp3) is 0.286. The maximum atomic E-state index is 13.8. The smallest absolute Gasteiger partial charge is 0.264 e. The first-order chi connectivity index (χ1) is 18.1. The van der Waals surface area contributed by atoms with Crippen molar-refractivity contribution < 1.29 is 18.0 Å². The van der Waals surface area contributed by atoms with Crippen molar-refractivity contribution in [2.75, 3.05) is 17.4 Å². The van der Waals surface area contributed by atoms with Crippen molar-refractivity contribution in [3.8, 4) is 0 Å². The molecule has 38 heavy (non-hydrogen) atoms. The molecule has 0 fully saturated rings. The van der Waals surface area contributed by atoms with E-state index in [4.69, 9.17) is 23.2 Å². The fourth-order valence-electron chi connectivity index (χ4n) is 3.79. The molecule has 3 aromatic rings. The average molecular weight is 577 g/mol. The summed E-state index contributed by atoms with van der Waals surface area (Å²) in [5, 5.41) is 3.69. The van der Waals surface area contributed by atoms with E-state index in [0.717, 1.165) is 17.1 Å². The van der Waals surface area contributed by atoms with Crippen LogP contribution >= 0.6 is 23.2 Å². The standard InChI is InChI=1S/C28H31Cl2N3O4S/c1-3-4-18-31-28(35)21(2)32(19-22-10-8-9-13-26(22)30)27(34)20-33(24-11-6-5-7-12-24)38(36,37)25-16-14-23(29)15-17-25/h5-17,21H,3-4,18-20H2,1-2H3,(H,31,35)/t21-/m0/s1. The summed E-state index contributed by atoms with van der Waals surface area (Å²) >= 11 is 12.3. The molecule has 0 aliphatic carbocycles. The molecule has 0 unspecified atom stereocenters. The minimum atomic E-state index is -4.14. The molecular formula is C28H31Cl2N3O4S. The maximum absolute atomic E-state index is 13.8. The summed E-state index contributed by atoms with van der Waals surface area (Å²) in [5.74, 6) is -0.880. The van der Waals surface area contributed by atoms with Crippen molar-refractivity contribution >= 4 is 50.7 Å². The second-order valence-corrected chi connectivity index (χ2v) is 11.4. The van der Waals surface area contributed by atoms with Crippen LogP contribution in [0.25, 0.3) is 0 Å². The van der Waals surface area contributed by atoms with E-state index >= 15 is 0 Å². The molecule has 0 saturated heterocycles. The van der Waals surface area contributed by atoms with Crippen molar-refractivity contribution in [2.45, 2.75) is 44.2 Å². The van der Waals surface area contributed by atoms with Crippen molar-refractivity contribution in [1.82, 2.24) is 10.2 Å². The van der Waals surface area contributed by atoms with Gasteiger partial charge in [-0.1, -0.05) is 72.9 Å². The van der Waals surface area contributed by atoms with E-state index in [1.165, 1.54) is 29.2 Å². The van der Waals surface area contributed by atoms with Crippen LogP contribution in [0.2, 0.25) is 10.0 Å². The Morgan fingerprint density at radius 1 is 0.921 bits per heavy atom. The lowest BCUT2D eigenvalue weighted by molar-refractivity contribution is -0.139. The molecule has 202 valence electrons. The topological polar surface area (TPSA) is 86.8 Å². The number of nitrogens with zero attached hydrogens (tertiary/aromatic N) is 2. The Kier molecular flexibility index (Phi) is 10.6. The van der Waals surface area contributed by atoms with Gasteiger partial charge in [0.15, 0.2) is 0 Å². The number of hydrogen-bond donors (Lipinski definition) is 1. The molecule has 0 heterocycles. The second-order valence-electron chi connectivity index (χ2n) is 8.73. The first kappa shape index (κ1) is 29.5. The van der Waals surface area contributed by atoms with E-state index < -0.39 is 28.5 Å². The molecule has 3 aromatic carbocycles. The lowest BCUT2D eigenvalue weighted by atomic mass is 10.1. The molecule has 2 amide bonds. The number of carbonyl (C=O) groups excluding carboxylic acids is 2. The third kappa shape index (κ3) is 7.49. The molecule has 0 spiro atoms. The Labute approximate surface area is 234 Å². The van der Waals surface area contributed by atoms with Crippen LogP contribution in [0.5, 0.6) is 0 Å². The fourth-order valence-corrected chi connectivity index (χ4v) is 5.52. The summed E-state index contributed by atoms with van der Waals surface area (Å²) in [4.78, 5) is 28.1. The number of benzene rings is 3. The van der Waals surface area contributed by atoms with Gasteiger partial charge in [0.05, 0.1) is 10.6 Å². The zero-order valence-electron chi connectivity index (χ0n) is 21.3. The second kappa shape index (κ2) is 13.6. The van der Waals surface area contributed by atoms with Crippen molar-refractivity contribution in [2.24, 2.45) is 0 Å². The molecule has 0 aromatic heterocycles. The number of carbonyl (C=O) groups is 2. The van der Waals surface area contributed by atoms with Gasteiger partial charge >= 0.3 is 0 Å². The van der Waals surface area contributed by atoms with Crippen LogP contribution in [0.3, 0.4) is 0 Å². The third-order valence-electron chi connectivity index (χ3n) is 6.02. The van der Waals surface area contributed by atoms with Crippen LogP contribution < -0.4 is 9.62 Å². The van der Waals surface area contributed by atoms with Gasteiger partial charge in [0, 0.05) is 23.1 Å². The Bertz CT molecular complexity index is 1340. The molecule has 0 aliphatic heterocycles. The normalized spacial score (nSPS) is 12.0. The molecule has 0 saturated carbocycles. The quantitative estimate of drug-likeness (QED) is 0.288. The van der Waals surface area contributed by atoms with E-state index in [-0.39, 0.29) is 17.3 Å². The van der Waals surface area contributed by atoms with Crippen molar-refractivity contribution in [3.05, 3.63) is 94.5 Å². The Morgan fingerprint density at radius 3 is 2.18 bits per heavy atom. The third-order valence-corrected chi connectivity index (χ3v) is 8.43. The largest absolute Gasteiger partial charge is 0.354 e. The predicted octanol–water partition coefficient (Wildman–Crippen LogP) is 5.52. The highest BCUT2D eigenvalue weighted by Crippen LogP contribution is 2.26. The van der Waals surface area contributed by atoms with E-state index in [0.29, 0.717) is 27.8 Å². The minimum absolute atomic E-state index is 0.0124. The van der Waals surface area contributed by atoms with E-state index in [2.05, 4.69) is 5.32 Å². The Balaban J connectivity index is 1.98. The van der Waals surface area contributed by atoms with Crippen LogP contribution in [0, 0.1) is 0 Å². The van der Waals surface area contributed by atoms with E-state index in [9.17, 15) is 18.0 Å². The Hall–Kier alpha value is -3.07. The van der Waals surface area contributed by atoms with Gasteiger partial charge in [-0.3, -0.25) is 13.9 Å². The number of anilines is 1. The number of nitrogens with one attached hydrogen (secondary N) is 1. The number of sulfonamides is 1. The molecule has 3 rings (SSSR count). The first-order valence-electron chi connectivity index (χ1n) is 12.3. The lowest BCUT2D eigenvalue weighted by Gasteiger charge is -2.32. The molecular weight excluding hydrogens is 545 g/mol. The summed E-state index contributed by atoms with van der Waals surface area (Å²) in [6, 6.07) is 20.3. The van der Waals surface area contributed by atoms with Crippen LogP contribution in [0.15, 0.2) is 83.8 Å². The molecule has 1 N–H and O–H groups in total. The number of rotatable bonds is 12. The zero-order chi connectivity index (χ0) is 27.7. The number of halogens is 2. The minimum Gasteiger partial charge on any atom is -0.354 e. The van der Waals surface area contributed by atoms with Crippen molar-refractivity contribution in [3.63, 3.8) is 0 Å². The zero-order valence-corrected chi connectivity index (χ0v) is 23.6. The number of hydrogen-bond acceptors (Lipinski definition) is 4. The van der Waals surface area contributed by atoms with Crippen LogP contribution in [-0.2, 0) is 26.2 Å². The van der Waals surface area contributed by atoms with Gasteiger partial charge in [-0.05, 0) is 61.4 Å². The van der Waals surface area contributed by atoms with E-state index in [1.807, 2.05) is 6.92 Å². The van der Waals surface area contributed by atoms with Gasteiger partial charge in [-0.15, -0.1) is 0 Å². The van der Waals surface area contributed by atoms with Gasteiger partial charge in [-0.25, -0.2) is 8.42 Å². The monoisotopic (exact) mass is 575 g/mol. The van der Waals surface area contributed by atoms with Crippen LogP contribution in [0.4, 0.5) is 5.69 Å². The van der Waals surface area contributed by atoms with Gasteiger partial charge in [0.2, 0.25) is 11.8 Å².